The van der Waals surface area contributed by atoms with E-state index in [4.69, 9.17) is 0 Å². The van der Waals surface area contributed by atoms with Crippen LogP contribution in [0.4, 0.5) is 28.0 Å². The zero-order chi connectivity index (χ0) is 23.4. The van der Waals surface area contributed by atoms with Crippen LogP contribution in [0.1, 0.15) is 43.2 Å². The Morgan fingerprint density at radius 1 is 1.19 bits per heavy atom. The first-order valence-electron chi connectivity index (χ1n) is 10.7. The lowest BCUT2D eigenvalue weighted by molar-refractivity contribution is -0.138. The summed E-state index contributed by atoms with van der Waals surface area (Å²) in [5.74, 6) is 0.0191. The Balaban J connectivity index is 1.50. The SMILES string of the molecule is O=C(NCC1(O)CCN(C(=O)[C@H]2CCCCN2)CC1)Nc1cc(CF)cc(C(F)(F)F)c1. The molecule has 2 fully saturated rings. The van der Waals surface area contributed by atoms with Gasteiger partial charge in [-0.05, 0) is 56.0 Å². The van der Waals surface area contributed by atoms with E-state index in [1.54, 1.807) is 4.90 Å². The molecule has 0 aliphatic carbocycles. The van der Waals surface area contributed by atoms with Crippen molar-refractivity contribution in [3.05, 3.63) is 29.3 Å². The van der Waals surface area contributed by atoms with E-state index in [1.807, 2.05) is 0 Å². The number of amides is 3. The topological polar surface area (TPSA) is 93.7 Å². The van der Waals surface area contributed by atoms with Gasteiger partial charge in [0, 0.05) is 25.3 Å². The average molecular weight is 460 g/mol. The third-order valence-corrected chi connectivity index (χ3v) is 5.92. The number of benzene rings is 1. The van der Waals surface area contributed by atoms with Crippen molar-refractivity contribution in [2.75, 3.05) is 31.5 Å². The first-order chi connectivity index (χ1) is 15.1. The monoisotopic (exact) mass is 460 g/mol. The second-order valence-corrected chi connectivity index (χ2v) is 8.41. The van der Waals surface area contributed by atoms with Crippen LogP contribution in [0.2, 0.25) is 0 Å². The standard InChI is InChI=1S/C21H28F4N4O3/c22-12-14-9-15(21(23,24)25)11-16(10-14)28-19(31)27-13-20(32)4-7-29(8-5-20)18(30)17-3-1-2-6-26-17/h9-11,17,26,32H,1-8,12-13H2,(H2,27,28,31)/t17-/m1/s1. The summed E-state index contributed by atoms with van der Waals surface area (Å²) in [6.07, 6.45) is -1.30. The highest BCUT2D eigenvalue weighted by Crippen LogP contribution is 2.32. The molecule has 1 aromatic rings. The summed E-state index contributed by atoms with van der Waals surface area (Å²) >= 11 is 0. The van der Waals surface area contributed by atoms with Crippen molar-refractivity contribution in [2.24, 2.45) is 0 Å². The molecule has 11 heteroatoms. The summed E-state index contributed by atoms with van der Waals surface area (Å²) in [6, 6.07) is 1.51. The van der Waals surface area contributed by atoms with Gasteiger partial charge in [0.25, 0.3) is 0 Å². The van der Waals surface area contributed by atoms with Crippen LogP contribution in [0, 0.1) is 0 Å². The van der Waals surface area contributed by atoms with Gasteiger partial charge in [-0.1, -0.05) is 6.42 Å². The number of carbonyl (C=O) groups excluding carboxylic acids is 2. The Morgan fingerprint density at radius 3 is 2.50 bits per heavy atom. The molecule has 2 aliphatic heterocycles. The molecule has 3 amide bonds. The predicted octanol–water partition coefficient (Wildman–Crippen LogP) is 2.79. The summed E-state index contributed by atoms with van der Waals surface area (Å²) in [5.41, 5.74) is -2.70. The van der Waals surface area contributed by atoms with Crippen LogP contribution in [0.15, 0.2) is 18.2 Å². The zero-order valence-electron chi connectivity index (χ0n) is 17.6. The number of nitrogens with one attached hydrogen (secondary N) is 3. The second kappa shape index (κ2) is 10.0. The quantitative estimate of drug-likeness (QED) is 0.509. The largest absolute Gasteiger partial charge is 0.416 e. The molecule has 7 nitrogen and oxygen atoms in total. The number of rotatable bonds is 5. The van der Waals surface area contributed by atoms with Gasteiger partial charge in [-0.25, -0.2) is 9.18 Å². The fourth-order valence-electron chi connectivity index (χ4n) is 4.03. The maximum absolute atomic E-state index is 13.0. The fourth-order valence-corrected chi connectivity index (χ4v) is 4.03. The number of carbonyl (C=O) groups is 2. The Kier molecular flexibility index (Phi) is 7.60. The number of aliphatic hydroxyl groups is 1. The Hall–Kier alpha value is -2.40. The number of anilines is 1. The zero-order valence-corrected chi connectivity index (χ0v) is 17.6. The van der Waals surface area contributed by atoms with Crippen molar-refractivity contribution in [2.45, 2.75) is 56.6 Å². The van der Waals surface area contributed by atoms with Crippen LogP contribution in [0.5, 0.6) is 0 Å². The number of piperidine rings is 2. The van der Waals surface area contributed by atoms with E-state index in [9.17, 15) is 32.3 Å². The van der Waals surface area contributed by atoms with Crippen molar-refractivity contribution in [3.8, 4) is 0 Å². The lowest BCUT2D eigenvalue weighted by atomic mass is 9.90. The molecule has 2 aliphatic rings. The van der Waals surface area contributed by atoms with Crippen LogP contribution in [-0.4, -0.2) is 59.8 Å². The van der Waals surface area contributed by atoms with E-state index in [-0.39, 0.29) is 42.6 Å². The van der Waals surface area contributed by atoms with Crippen LogP contribution in [0.25, 0.3) is 0 Å². The highest BCUT2D eigenvalue weighted by atomic mass is 19.4. The van der Waals surface area contributed by atoms with Gasteiger partial charge < -0.3 is 26.0 Å². The molecule has 0 radical (unpaired) electrons. The summed E-state index contributed by atoms with van der Waals surface area (Å²) in [7, 11) is 0. The third-order valence-electron chi connectivity index (χ3n) is 5.92. The minimum absolute atomic E-state index is 0.0191. The van der Waals surface area contributed by atoms with Crippen molar-refractivity contribution in [1.82, 2.24) is 15.5 Å². The maximum Gasteiger partial charge on any atom is 0.416 e. The number of hydrogen-bond acceptors (Lipinski definition) is 4. The molecule has 0 unspecified atom stereocenters. The summed E-state index contributed by atoms with van der Waals surface area (Å²) in [5, 5.41) is 18.7. The molecule has 0 aromatic heterocycles. The normalized spacial score (nSPS) is 21.2. The van der Waals surface area contributed by atoms with E-state index >= 15 is 0 Å². The molecule has 1 atom stereocenters. The van der Waals surface area contributed by atoms with E-state index in [0.717, 1.165) is 37.9 Å². The van der Waals surface area contributed by atoms with Gasteiger partial charge >= 0.3 is 12.2 Å². The molecule has 2 heterocycles. The predicted molar refractivity (Wildman–Crippen MR) is 110 cm³/mol. The Bertz CT molecular complexity index is 820. The number of nitrogens with zero attached hydrogens (tertiary/aromatic N) is 1. The molecule has 1 aromatic carbocycles. The number of halogens is 4. The van der Waals surface area contributed by atoms with Gasteiger partial charge in [0.05, 0.1) is 17.2 Å². The Labute approximate surface area is 183 Å². The minimum atomic E-state index is -4.67. The van der Waals surface area contributed by atoms with Crippen LogP contribution < -0.4 is 16.0 Å². The number of urea groups is 1. The molecule has 0 saturated carbocycles. The summed E-state index contributed by atoms with van der Waals surface area (Å²) < 4.78 is 51.8. The first-order valence-corrected chi connectivity index (χ1v) is 10.7. The van der Waals surface area contributed by atoms with E-state index < -0.39 is 30.0 Å². The lowest BCUT2D eigenvalue weighted by Crippen LogP contribution is -2.56. The highest BCUT2D eigenvalue weighted by molar-refractivity contribution is 5.89. The van der Waals surface area contributed by atoms with Crippen molar-refractivity contribution >= 4 is 17.6 Å². The van der Waals surface area contributed by atoms with Crippen molar-refractivity contribution < 1.29 is 32.3 Å². The van der Waals surface area contributed by atoms with Gasteiger partial charge in [-0.2, -0.15) is 13.2 Å². The average Bonchev–Trinajstić information content (AvgIpc) is 2.77. The number of likely N-dealkylation sites (tertiary alicyclic amines) is 1. The number of hydrogen-bond donors (Lipinski definition) is 4. The maximum atomic E-state index is 13.0. The molecular formula is C21H28F4N4O3. The third kappa shape index (κ3) is 6.32. The van der Waals surface area contributed by atoms with Crippen LogP contribution in [0.3, 0.4) is 0 Å². The molecule has 2 saturated heterocycles. The molecule has 0 bridgehead atoms. The van der Waals surface area contributed by atoms with Gasteiger partial charge in [-0.15, -0.1) is 0 Å². The van der Waals surface area contributed by atoms with Crippen molar-refractivity contribution in [3.63, 3.8) is 0 Å². The molecular weight excluding hydrogens is 432 g/mol. The van der Waals surface area contributed by atoms with E-state index in [2.05, 4.69) is 16.0 Å². The van der Waals surface area contributed by atoms with Gasteiger partial charge in [-0.3, -0.25) is 4.79 Å². The molecule has 4 N–H and O–H groups in total. The van der Waals surface area contributed by atoms with E-state index in [1.165, 1.54) is 0 Å². The van der Waals surface area contributed by atoms with Crippen LogP contribution >= 0.6 is 0 Å². The van der Waals surface area contributed by atoms with E-state index in [0.29, 0.717) is 19.2 Å². The minimum Gasteiger partial charge on any atom is -0.388 e. The second-order valence-electron chi connectivity index (χ2n) is 8.41. The fraction of sp³-hybridized carbons (Fsp3) is 0.619. The van der Waals surface area contributed by atoms with Gasteiger partial charge in [0.1, 0.15) is 6.67 Å². The molecule has 3 rings (SSSR count). The first kappa shape index (κ1) is 24.2. The van der Waals surface area contributed by atoms with Gasteiger partial charge in [0.2, 0.25) is 5.91 Å². The smallest absolute Gasteiger partial charge is 0.388 e. The lowest BCUT2D eigenvalue weighted by Gasteiger charge is -2.40. The van der Waals surface area contributed by atoms with Crippen LogP contribution in [-0.2, 0) is 17.6 Å². The number of alkyl halides is 4. The highest BCUT2D eigenvalue weighted by Gasteiger charge is 2.36. The molecule has 178 valence electrons. The van der Waals surface area contributed by atoms with Crippen molar-refractivity contribution in [1.29, 1.82) is 0 Å². The summed E-state index contributed by atoms with van der Waals surface area (Å²) in [6.45, 7) is 0.281. The molecule has 0 spiro atoms. The Morgan fingerprint density at radius 2 is 1.91 bits per heavy atom. The van der Waals surface area contributed by atoms with Gasteiger partial charge in [0.15, 0.2) is 0 Å². The molecule has 32 heavy (non-hydrogen) atoms. The summed E-state index contributed by atoms with van der Waals surface area (Å²) in [4.78, 5) is 26.4.